The lowest BCUT2D eigenvalue weighted by atomic mass is 10.0. The van der Waals surface area contributed by atoms with Gasteiger partial charge in [0.1, 0.15) is 0 Å². The Labute approximate surface area is 123 Å². The molecular weight excluding hydrogens is 270 g/mol. The lowest BCUT2D eigenvalue weighted by Crippen LogP contribution is -2.34. The van der Waals surface area contributed by atoms with Crippen LogP contribution in [0.25, 0.3) is 5.65 Å². The van der Waals surface area contributed by atoms with Crippen molar-refractivity contribution >= 4 is 17.6 Å². The molecular formula is C14H21N5O2. The number of nitrogens with one attached hydrogen (secondary N) is 2. The van der Waals surface area contributed by atoms with Gasteiger partial charge in [-0.1, -0.05) is 19.4 Å². The van der Waals surface area contributed by atoms with E-state index in [1.807, 2.05) is 18.2 Å². The van der Waals surface area contributed by atoms with E-state index in [1.165, 1.54) is 0 Å². The van der Waals surface area contributed by atoms with Crippen molar-refractivity contribution in [1.29, 1.82) is 0 Å². The minimum absolute atomic E-state index is 0.142. The number of amides is 2. The van der Waals surface area contributed by atoms with Crippen molar-refractivity contribution in [2.75, 3.05) is 18.5 Å². The molecule has 0 aromatic carbocycles. The zero-order valence-corrected chi connectivity index (χ0v) is 12.1. The van der Waals surface area contributed by atoms with Crippen LogP contribution in [0.2, 0.25) is 0 Å². The number of rotatable bonds is 7. The normalized spacial score (nSPS) is 12.3. The van der Waals surface area contributed by atoms with Gasteiger partial charge in [-0.3, -0.25) is 9.72 Å². The largest absolute Gasteiger partial charge is 0.396 e. The second kappa shape index (κ2) is 7.58. The minimum Gasteiger partial charge on any atom is -0.396 e. The van der Waals surface area contributed by atoms with Gasteiger partial charge in [-0.25, -0.2) is 4.79 Å². The Bertz CT molecular complexity index is 578. The van der Waals surface area contributed by atoms with E-state index in [2.05, 4.69) is 27.8 Å². The number of nitrogens with zero attached hydrogens (tertiary/aromatic N) is 3. The maximum Gasteiger partial charge on any atom is 0.321 e. The van der Waals surface area contributed by atoms with E-state index in [9.17, 15) is 4.79 Å². The number of hydrogen-bond donors (Lipinski definition) is 3. The maximum absolute atomic E-state index is 11.9. The van der Waals surface area contributed by atoms with Crippen molar-refractivity contribution in [2.45, 2.75) is 26.2 Å². The Morgan fingerprint density at radius 3 is 3.00 bits per heavy atom. The van der Waals surface area contributed by atoms with Crippen LogP contribution < -0.4 is 10.6 Å². The fraction of sp³-hybridized carbons (Fsp3) is 0.500. The quantitative estimate of drug-likeness (QED) is 0.723. The number of aliphatic hydroxyl groups is 1. The predicted molar refractivity (Wildman–Crippen MR) is 80.1 cm³/mol. The number of anilines is 1. The van der Waals surface area contributed by atoms with Crippen molar-refractivity contribution in [2.24, 2.45) is 5.92 Å². The van der Waals surface area contributed by atoms with Gasteiger partial charge in [0.15, 0.2) is 5.65 Å². The molecule has 2 aromatic rings. The molecule has 0 radical (unpaired) electrons. The third-order valence-corrected chi connectivity index (χ3v) is 3.32. The average molecular weight is 291 g/mol. The Balaban J connectivity index is 1.89. The van der Waals surface area contributed by atoms with Crippen molar-refractivity contribution in [3.8, 4) is 0 Å². The summed E-state index contributed by atoms with van der Waals surface area (Å²) in [6.07, 6.45) is 4.50. The van der Waals surface area contributed by atoms with Gasteiger partial charge in [-0.05, 0) is 30.9 Å². The number of aliphatic hydroxyl groups excluding tert-OH is 1. The van der Waals surface area contributed by atoms with E-state index in [4.69, 9.17) is 5.11 Å². The summed E-state index contributed by atoms with van der Waals surface area (Å²) in [6.45, 7) is 2.77. The van der Waals surface area contributed by atoms with Crippen LogP contribution in [0.15, 0.2) is 24.4 Å². The first-order chi connectivity index (χ1) is 10.2. The van der Waals surface area contributed by atoms with E-state index in [0.717, 1.165) is 12.8 Å². The maximum atomic E-state index is 11.9. The van der Waals surface area contributed by atoms with Crippen LogP contribution in [0.5, 0.6) is 0 Å². The van der Waals surface area contributed by atoms with E-state index in [0.29, 0.717) is 30.5 Å². The topological polar surface area (TPSA) is 91.5 Å². The number of fused-ring (bicyclic) bond motifs is 1. The van der Waals surface area contributed by atoms with Gasteiger partial charge >= 0.3 is 6.03 Å². The first kappa shape index (κ1) is 15.2. The van der Waals surface area contributed by atoms with Gasteiger partial charge in [0.25, 0.3) is 0 Å². The molecule has 7 heteroatoms. The van der Waals surface area contributed by atoms with Gasteiger partial charge < -0.3 is 10.4 Å². The fourth-order valence-corrected chi connectivity index (χ4v) is 2.25. The standard InChI is InChI=1S/C14H21N5O2/c1-2-5-11(7-9-20)10-15-14(21)16-13-18-17-12-6-3-4-8-19(12)13/h3-4,6,8,11,20H,2,5,7,9-10H2,1H3,(H2,15,16,18,21). The highest BCUT2D eigenvalue weighted by atomic mass is 16.3. The molecule has 0 saturated carbocycles. The zero-order chi connectivity index (χ0) is 15.1. The number of carbonyl (C=O) groups is 1. The summed E-state index contributed by atoms with van der Waals surface area (Å²) in [5.41, 5.74) is 0.678. The first-order valence-corrected chi connectivity index (χ1v) is 7.20. The summed E-state index contributed by atoms with van der Waals surface area (Å²) in [5, 5.41) is 22.4. The molecule has 21 heavy (non-hydrogen) atoms. The number of aromatic nitrogens is 3. The Morgan fingerprint density at radius 1 is 1.38 bits per heavy atom. The van der Waals surface area contributed by atoms with Gasteiger partial charge in [0.2, 0.25) is 5.95 Å². The van der Waals surface area contributed by atoms with Gasteiger partial charge in [0, 0.05) is 19.3 Å². The van der Waals surface area contributed by atoms with Crippen LogP contribution in [-0.4, -0.2) is 38.9 Å². The van der Waals surface area contributed by atoms with Crippen LogP contribution in [0.3, 0.4) is 0 Å². The molecule has 1 atom stereocenters. The first-order valence-electron chi connectivity index (χ1n) is 7.20. The van der Waals surface area contributed by atoms with Gasteiger partial charge in [-0.15, -0.1) is 10.2 Å². The lowest BCUT2D eigenvalue weighted by molar-refractivity contribution is 0.236. The second-order valence-corrected chi connectivity index (χ2v) is 4.95. The SMILES string of the molecule is CCCC(CCO)CNC(=O)Nc1nnc2ccccn12. The molecule has 0 fully saturated rings. The van der Waals surface area contributed by atoms with Crippen LogP contribution in [-0.2, 0) is 0 Å². The molecule has 7 nitrogen and oxygen atoms in total. The predicted octanol–water partition coefficient (Wildman–Crippen LogP) is 1.65. The van der Waals surface area contributed by atoms with Crippen LogP contribution >= 0.6 is 0 Å². The van der Waals surface area contributed by atoms with E-state index >= 15 is 0 Å². The average Bonchev–Trinajstić information content (AvgIpc) is 2.89. The summed E-state index contributed by atoms with van der Waals surface area (Å²) in [7, 11) is 0. The zero-order valence-electron chi connectivity index (χ0n) is 12.1. The third-order valence-electron chi connectivity index (χ3n) is 3.32. The van der Waals surface area contributed by atoms with E-state index in [-0.39, 0.29) is 12.6 Å². The summed E-state index contributed by atoms with van der Waals surface area (Å²) >= 11 is 0. The molecule has 0 aliphatic heterocycles. The Hall–Kier alpha value is -2.15. The van der Waals surface area contributed by atoms with Crippen LogP contribution in [0, 0.1) is 5.92 Å². The molecule has 0 aliphatic rings. The van der Waals surface area contributed by atoms with Crippen molar-refractivity contribution in [3.63, 3.8) is 0 Å². The molecule has 0 spiro atoms. The van der Waals surface area contributed by atoms with Crippen LogP contribution in [0.4, 0.5) is 10.7 Å². The van der Waals surface area contributed by atoms with Crippen LogP contribution in [0.1, 0.15) is 26.2 Å². The third kappa shape index (κ3) is 4.16. The monoisotopic (exact) mass is 291 g/mol. The molecule has 2 rings (SSSR count). The summed E-state index contributed by atoms with van der Waals surface area (Å²) in [4.78, 5) is 11.9. The highest BCUT2D eigenvalue weighted by Gasteiger charge is 2.11. The number of hydrogen-bond acceptors (Lipinski definition) is 4. The molecule has 2 amide bonds. The van der Waals surface area contributed by atoms with Gasteiger partial charge in [-0.2, -0.15) is 0 Å². The molecule has 3 N–H and O–H groups in total. The summed E-state index contributed by atoms with van der Waals surface area (Å²) in [5.74, 6) is 0.679. The molecule has 2 aromatic heterocycles. The highest BCUT2D eigenvalue weighted by Crippen LogP contribution is 2.10. The van der Waals surface area contributed by atoms with Crippen molar-refractivity contribution in [3.05, 3.63) is 24.4 Å². The van der Waals surface area contributed by atoms with Crippen molar-refractivity contribution in [1.82, 2.24) is 19.9 Å². The van der Waals surface area contributed by atoms with Gasteiger partial charge in [0.05, 0.1) is 0 Å². The molecule has 0 saturated heterocycles. The lowest BCUT2D eigenvalue weighted by Gasteiger charge is -2.15. The molecule has 2 heterocycles. The highest BCUT2D eigenvalue weighted by molar-refractivity contribution is 5.87. The number of pyridine rings is 1. The molecule has 114 valence electrons. The summed E-state index contributed by atoms with van der Waals surface area (Å²) in [6, 6.07) is 5.21. The second-order valence-electron chi connectivity index (χ2n) is 4.95. The number of carbonyl (C=O) groups excluding carboxylic acids is 1. The Kier molecular flexibility index (Phi) is 5.51. The van der Waals surface area contributed by atoms with Crippen molar-refractivity contribution < 1.29 is 9.90 Å². The number of urea groups is 1. The smallest absolute Gasteiger partial charge is 0.321 e. The van der Waals surface area contributed by atoms with E-state index in [1.54, 1.807) is 10.6 Å². The molecule has 0 bridgehead atoms. The fourth-order valence-electron chi connectivity index (χ4n) is 2.25. The summed E-state index contributed by atoms with van der Waals surface area (Å²) < 4.78 is 1.71. The minimum atomic E-state index is -0.313. The van der Waals surface area contributed by atoms with E-state index < -0.39 is 0 Å². The Morgan fingerprint density at radius 2 is 2.24 bits per heavy atom. The molecule has 0 aliphatic carbocycles. The molecule has 1 unspecified atom stereocenters.